The van der Waals surface area contributed by atoms with Gasteiger partial charge in [0.15, 0.2) is 5.79 Å². The van der Waals surface area contributed by atoms with E-state index in [2.05, 4.69) is 6.92 Å². The molecule has 0 N–H and O–H groups in total. The molecule has 0 aliphatic heterocycles. The van der Waals surface area contributed by atoms with Gasteiger partial charge in [-0.2, -0.15) is 0 Å². The Morgan fingerprint density at radius 2 is 1.20 bits per heavy atom. The van der Waals surface area contributed by atoms with E-state index >= 15 is 0 Å². The molecule has 1 saturated carbocycles. The standard InChI is InChI=1S/C23H46O2/c1-5-6-7-8-9-12-16-21-18-15-19-22(21)17-13-10-11-14-20-23(2,24-3)25-4/h21-22H,5-20H2,1-4H3/t21-,22-/m0/s1. The van der Waals surface area contributed by atoms with E-state index in [1.807, 2.05) is 6.92 Å². The molecule has 0 unspecified atom stereocenters. The summed E-state index contributed by atoms with van der Waals surface area (Å²) in [6.07, 6.45) is 22.5. The van der Waals surface area contributed by atoms with Crippen LogP contribution in [0, 0.1) is 11.8 Å². The molecule has 0 radical (unpaired) electrons. The fraction of sp³-hybridized carbons (Fsp3) is 1.00. The second-order valence-corrected chi connectivity index (χ2v) is 8.50. The number of methoxy groups -OCH3 is 2. The van der Waals surface area contributed by atoms with Crippen molar-refractivity contribution in [3.05, 3.63) is 0 Å². The molecule has 0 saturated heterocycles. The zero-order valence-corrected chi connectivity index (χ0v) is 17.8. The summed E-state index contributed by atoms with van der Waals surface area (Å²) in [6, 6.07) is 0. The summed E-state index contributed by atoms with van der Waals surface area (Å²) in [7, 11) is 3.49. The average Bonchev–Trinajstić information content (AvgIpc) is 3.08. The highest BCUT2D eigenvalue weighted by atomic mass is 16.7. The third-order valence-corrected chi connectivity index (χ3v) is 6.56. The molecule has 1 rings (SSSR count). The molecule has 1 fully saturated rings. The zero-order valence-electron chi connectivity index (χ0n) is 17.8. The van der Waals surface area contributed by atoms with Gasteiger partial charge in [0.05, 0.1) is 0 Å². The predicted molar refractivity (Wildman–Crippen MR) is 109 cm³/mol. The first-order valence-electron chi connectivity index (χ1n) is 11.3. The van der Waals surface area contributed by atoms with Crippen LogP contribution in [0.15, 0.2) is 0 Å². The molecular weight excluding hydrogens is 308 g/mol. The van der Waals surface area contributed by atoms with Crippen LogP contribution in [0.25, 0.3) is 0 Å². The van der Waals surface area contributed by atoms with E-state index in [4.69, 9.17) is 9.47 Å². The predicted octanol–water partition coefficient (Wildman–Crippen LogP) is 7.50. The summed E-state index contributed by atoms with van der Waals surface area (Å²) in [6.45, 7) is 4.34. The molecule has 2 atom stereocenters. The third kappa shape index (κ3) is 9.99. The highest BCUT2D eigenvalue weighted by molar-refractivity contribution is 4.77. The van der Waals surface area contributed by atoms with Gasteiger partial charge < -0.3 is 9.47 Å². The fourth-order valence-corrected chi connectivity index (χ4v) is 4.55. The number of hydrogen-bond donors (Lipinski definition) is 0. The summed E-state index contributed by atoms with van der Waals surface area (Å²) >= 11 is 0. The Labute approximate surface area is 158 Å². The Morgan fingerprint density at radius 3 is 1.72 bits per heavy atom. The molecule has 0 spiro atoms. The Hall–Kier alpha value is -0.0800. The Balaban J connectivity index is 2.03. The topological polar surface area (TPSA) is 18.5 Å². The number of unbranched alkanes of at least 4 members (excludes halogenated alkanes) is 8. The highest BCUT2D eigenvalue weighted by Crippen LogP contribution is 2.38. The first-order chi connectivity index (χ1) is 12.1. The molecule has 0 heterocycles. The van der Waals surface area contributed by atoms with Gasteiger partial charge in [-0.3, -0.25) is 0 Å². The fourth-order valence-electron chi connectivity index (χ4n) is 4.55. The lowest BCUT2D eigenvalue weighted by Crippen LogP contribution is -2.29. The van der Waals surface area contributed by atoms with Crippen molar-refractivity contribution >= 4 is 0 Å². The molecule has 0 aromatic heterocycles. The lowest BCUT2D eigenvalue weighted by Gasteiger charge is -2.26. The summed E-state index contributed by atoms with van der Waals surface area (Å²) < 4.78 is 10.9. The second kappa shape index (κ2) is 14.0. The van der Waals surface area contributed by atoms with Crippen molar-refractivity contribution in [3.8, 4) is 0 Å². The van der Waals surface area contributed by atoms with Crippen LogP contribution in [0.4, 0.5) is 0 Å². The molecular formula is C23H46O2. The molecule has 2 heteroatoms. The number of rotatable bonds is 16. The number of hydrogen-bond acceptors (Lipinski definition) is 2. The van der Waals surface area contributed by atoms with Gasteiger partial charge in [0.2, 0.25) is 0 Å². The van der Waals surface area contributed by atoms with Crippen LogP contribution in [0.5, 0.6) is 0 Å². The van der Waals surface area contributed by atoms with E-state index in [1.165, 1.54) is 96.3 Å². The van der Waals surface area contributed by atoms with Crippen LogP contribution < -0.4 is 0 Å². The smallest absolute Gasteiger partial charge is 0.164 e. The van der Waals surface area contributed by atoms with Gasteiger partial charge in [-0.25, -0.2) is 0 Å². The van der Waals surface area contributed by atoms with Gasteiger partial charge in [-0.15, -0.1) is 0 Å². The summed E-state index contributed by atoms with van der Waals surface area (Å²) in [5, 5.41) is 0. The van der Waals surface area contributed by atoms with E-state index in [0.717, 1.165) is 18.3 Å². The van der Waals surface area contributed by atoms with Crippen LogP contribution >= 0.6 is 0 Å². The average molecular weight is 355 g/mol. The van der Waals surface area contributed by atoms with Crippen molar-refractivity contribution in [2.75, 3.05) is 14.2 Å². The first-order valence-corrected chi connectivity index (χ1v) is 11.3. The normalized spacial score (nSPS) is 21.1. The third-order valence-electron chi connectivity index (χ3n) is 6.56. The Kier molecular flexibility index (Phi) is 12.9. The summed E-state index contributed by atoms with van der Waals surface area (Å²) in [5.74, 6) is 1.71. The van der Waals surface area contributed by atoms with E-state index in [9.17, 15) is 0 Å². The van der Waals surface area contributed by atoms with Crippen LogP contribution in [0.3, 0.4) is 0 Å². The minimum atomic E-state index is -0.381. The van der Waals surface area contributed by atoms with Crippen LogP contribution in [-0.2, 0) is 9.47 Å². The van der Waals surface area contributed by atoms with E-state index in [1.54, 1.807) is 14.2 Å². The summed E-state index contributed by atoms with van der Waals surface area (Å²) in [5.41, 5.74) is 0. The molecule has 0 aromatic carbocycles. The van der Waals surface area contributed by atoms with Gasteiger partial charge in [0.25, 0.3) is 0 Å². The molecule has 1 aliphatic rings. The summed E-state index contributed by atoms with van der Waals surface area (Å²) in [4.78, 5) is 0. The van der Waals surface area contributed by atoms with E-state index in [0.29, 0.717) is 0 Å². The van der Waals surface area contributed by atoms with Gasteiger partial charge in [-0.05, 0) is 25.2 Å². The van der Waals surface area contributed by atoms with Crippen molar-refractivity contribution in [2.45, 2.75) is 122 Å². The molecule has 150 valence electrons. The molecule has 0 amide bonds. The quantitative estimate of drug-likeness (QED) is 0.211. The van der Waals surface area contributed by atoms with Gasteiger partial charge >= 0.3 is 0 Å². The largest absolute Gasteiger partial charge is 0.353 e. The maximum atomic E-state index is 5.43. The minimum absolute atomic E-state index is 0.381. The Morgan fingerprint density at radius 1 is 0.720 bits per heavy atom. The highest BCUT2D eigenvalue weighted by Gasteiger charge is 2.26. The van der Waals surface area contributed by atoms with Gasteiger partial charge in [0, 0.05) is 20.6 Å². The van der Waals surface area contributed by atoms with Crippen LogP contribution in [-0.4, -0.2) is 20.0 Å². The van der Waals surface area contributed by atoms with E-state index in [-0.39, 0.29) is 5.79 Å². The first kappa shape index (κ1) is 23.0. The molecule has 1 aliphatic carbocycles. The van der Waals surface area contributed by atoms with Gasteiger partial charge in [-0.1, -0.05) is 96.8 Å². The molecule has 0 aromatic rings. The second-order valence-electron chi connectivity index (χ2n) is 8.50. The van der Waals surface area contributed by atoms with Gasteiger partial charge in [0.1, 0.15) is 0 Å². The lowest BCUT2D eigenvalue weighted by molar-refractivity contribution is -0.197. The number of ether oxygens (including phenoxy) is 2. The van der Waals surface area contributed by atoms with E-state index < -0.39 is 0 Å². The minimum Gasteiger partial charge on any atom is -0.353 e. The zero-order chi connectivity index (χ0) is 18.4. The van der Waals surface area contributed by atoms with Crippen molar-refractivity contribution < 1.29 is 9.47 Å². The van der Waals surface area contributed by atoms with Crippen molar-refractivity contribution in [1.82, 2.24) is 0 Å². The molecule has 25 heavy (non-hydrogen) atoms. The maximum Gasteiger partial charge on any atom is 0.164 e. The Bertz CT molecular complexity index is 298. The van der Waals surface area contributed by atoms with Crippen molar-refractivity contribution in [2.24, 2.45) is 11.8 Å². The SMILES string of the molecule is CCCCCCCC[C@H]1CCC[C@@H]1CCCCCCC(C)(OC)OC. The molecule has 2 nitrogen and oxygen atoms in total. The monoisotopic (exact) mass is 354 g/mol. The van der Waals surface area contributed by atoms with Crippen molar-refractivity contribution in [3.63, 3.8) is 0 Å². The molecule has 0 bridgehead atoms. The van der Waals surface area contributed by atoms with Crippen LogP contribution in [0.2, 0.25) is 0 Å². The van der Waals surface area contributed by atoms with Crippen LogP contribution in [0.1, 0.15) is 117 Å². The maximum absolute atomic E-state index is 5.43. The van der Waals surface area contributed by atoms with Crippen molar-refractivity contribution in [1.29, 1.82) is 0 Å². The lowest BCUT2D eigenvalue weighted by atomic mass is 9.86.